The molecule has 0 aliphatic rings. The Balaban J connectivity index is 2.63. The second kappa shape index (κ2) is 2.85. The molecular weight excluding hydrogens is 164 g/mol. The Morgan fingerprint density at radius 2 is 2.23 bits per heavy atom. The average molecular weight is 176 g/mol. The molecule has 0 fully saturated rings. The summed E-state index contributed by atoms with van der Waals surface area (Å²) in [6, 6.07) is 5.82. The number of aliphatic hydroxyl groups is 1. The summed E-state index contributed by atoms with van der Waals surface area (Å²) in [4.78, 5) is 4.21. The molecular formula is C10H12N2O. The summed E-state index contributed by atoms with van der Waals surface area (Å²) in [6.45, 7) is 1.75. The Labute approximate surface area is 76.6 Å². The molecule has 0 bridgehead atoms. The van der Waals surface area contributed by atoms with Gasteiger partial charge in [0.1, 0.15) is 0 Å². The quantitative estimate of drug-likeness (QED) is 0.717. The summed E-state index contributed by atoms with van der Waals surface area (Å²) < 4.78 is 1.96. The molecule has 1 aromatic heterocycles. The maximum absolute atomic E-state index is 9.36. The monoisotopic (exact) mass is 176 g/mol. The third-order valence-electron chi connectivity index (χ3n) is 2.23. The first-order valence-corrected chi connectivity index (χ1v) is 4.27. The number of benzene rings is 1. The topological polar surface area (TPSA) is 38.1 Å². The molecule has 0 amide bonds. The van der Waals surface area contributed by atoms with Gasteiger partial charge >= 0.3 is 0 Å². The Morgan fingerprint density at radius 3 is 2.92 bits per heavy atom. The van der Waals surface area contributed by atoms with Crippen molar-refractivity contribution in [3.05, 3.63) is 30.1 Å². The van der Waals surface area contributed by atoms with Crippen LogP contribution in [0.5, 0.6) is 0 Å². The number of aromatic nitrogens is 2. The van der Waals surface area contributed by atoms with E-state index in [2.05, 4.69) is 4.98 Å². The molecule has 0 saturated carbocycles. The summed E-state index contributed by atoms with van der Waals surface area (Å²) >= 11 is 0. The second-order valence-corrected chi connectivity index (χ2v) is 3.28. The van der Waals surface area contributed by atoms with Gasteiger partial charge in [0.05, 0.1) is 23.5 Å². The minimum Gasteiger partial charge on any atom is -0.389 e. The van der Waals surface area contributed by atoms with Crippen molar-refractivity contribution >= 4 is 11.0 Å². The Kier molecular flexibility index (Phi) is 1.81. The minimum atomic E-state index is -0.425. The van der Waals surface area contributed by atoms with E-state index in [0.29, 0.717) is 0 Å². The van der Waals surface area contributed by atoms with E-state index in [0.717, 1.165) is 16.6 Å². The van der Waals surface area contributed by atoms with Gasteiger partial charge in [-0.05, 0) is 24.6 Å². The van der Waals surface area contributed by atoms with Crippen molar-refractivity contribution < 1.29 is 5.11 Å². The Hall–Kier alpha value is -1.35. The molecule has 1 aromatic carbocycles. The lowest BCUT2D eigenvalue weighted by atomic mass is 10.1. The highest BCUT2D eigenvalue weighted by molar-refractivity contribution is 5.76. The van der Waals surface area contributed by atoms with Gasteiger partial charge in [0.25, 0.3) is 0 Å². The van der Waals surface area contributed by atoms with Crippen LogP contribution in [0.4, 0.5) is 0 Å². The van der Waals surface area contributed by atoms with E-state index < -0.39 is 6.10 Å². The minimum absolute atomic E-state index is 0.425. The van der Waals surface area contributed by atoms with Crippen molar-refractivity contribution in [2.45, 2.75) is 13.0 Å². The first-order valence-electron chi connectivity index (χ1n) is 4.27. The number of nitrogens with zero attached hydrogens (tertiary/aromatic N) is 2. The maximum atomic E-state index is 9.36. The molecule has 1 N–H and O–H groups in total. The highest BCUT2D eigenvalue weighted by Gasteiger charge is 2.04. The lowest BCUT2D eigenvalue weighted by molar-refractivity contribution is 0.199. The summed E-state index contributed by atoms with van der Waals surface area (Å²) in [5.41, 5.74) is 2.93. The number of hydrogen-bond acceptors (Lipinski definition) is 2. The summed E-state index contributed by atoms with van der Waals surface area (Å²) in [6.07, 6.45) is 1.35. The molecule has 2 rings (SSSR count). The zero-order valence-corrected chi connectivity index (χ0v) is 7.73. The number of hydrogen-bond donors (Lipinski definition) is 1. The molecule has 0 aliphatic heterocycles. The van der Waals surface area contributed by atoms with Crippen LogP contribution in [0.1, 0.15) is 18.6 Å². The normalized spacial score (nSPS) is 13.5. The van der Waals surface area contributed by atoms with E-state index in [4.69, 9.17) is 0 Å². The highest BCUT2D eigenvalue weighted by Crippen LogP contribution is 2.18. The molecule has 0 aliphatic carbocycles. The number of aliphatic hydroxyl groups excluding tert-OH is 1. The van der Waals surface area contributed by atoms with Gasteiger partial charge in [-0.3, -0.25) is 0 Å². The fourth-order valence-corrected chi connectivity index (χ4v) is 1.41. The van der Waals surface area contributed by atoms with Crippen molar-refractivity contribution in [1.29, 1.82) is 0 Å². The van der Waals surface area contributed by atoms with Crippen molar-refractivity contribution in [2.24, 2.45) is 7.05 Å². The van der Waals surface area contributed by atoms with Gasteiger partial charge < -0.3 is 9.67 Å². The van der Waals surface area contributed by atoms with Crippen LogP contribution in [-0.4, -0.2) is 14.7 Å². The number of rotatable bonds is 1. The standard InChI is InChI=1S/C10H12N2O/c1-7(13)8-3-4-10-9(5-8)11-6-12(10)2/h3-7,13H,1-2H3/t7-/m0/s1. The largest absolute Gasteiger partial charge is 0.389 e. The first-order chi connectivity index (χ1) is 6.18. The lowest BCUT2D eigenvalue weighted by Gasteiger charge is -2.03. The summed E-state index contributed by atoms with van der Waals surface area (Å²) in [5.74, 6) is 0. The Morgan fingerprint density at radius 1 is 1.46 bits per heavy atom. The molecule has 0 spiro atoms. The van der Waals surface area contributed by atoms with Crippen LogP contribution in [0.2, 0.25) is 0 Å². The molecule has 0 unspecified atom stereocenters. The van der Waals surface area contributed by atoms with Crippen LogP contribution >= 0.6 is 0 Å². The molecule has 3 nitrogen and oxygen atoms in total. The van der Waals surface area contributed by atoms with E-state index >= 15 is 0 Å². The predicted octanol–water partition coefficient (Wildman–Crippen LogP) is 1.63. The van der Waals surface area contributed by atoms with E-state index in [1.165, 1.54) is 0 Å². The van der Waals surface area contributed by atoms with Gasteiger partial charge in [0, 0.05) is 7.05 Å². The maximum Gasteiger partial charge on any atom is 0.0955 e. The SMILES string of the molecule is C[C@H](O)c1ccc2c(c1)ncn2C. The van der Waals surface area contributed by atoms with Gasteiger partial charge in [-0.15, -0.1) is 0 Å². The fourth-order valence-electron chi connectivity index (χ4n) is 1.41. The molecule has 3 heteroatoms. The zero-order valence-electron chi connectivity index (χ0n) is 7.73. The van der Waals surface area contributed by atoms with Crippen LogP contribution in [0.25, 0.3) is 11.0 Å². The molecule has 1 heterocycles. The highest BCUT2D eigenvalue weighted by atomic mass is 16.3. The molecule has 68 valence electrons. The van der Waals surface area contributed by atoms with Crippen molar-refractivity contribution in [3.63, 3.8) is 0 Å². The van der Waals surface area contributed by atoms with E-state index in [1.807, 2.05) is 29.8 Å². The van der Waals surface area contributed by atoms with Crippen LogP contribution in [0.3, 0.4) is 0 Å². The molecule has 2 aromatic rings. The molecule has 13 heavy (non-hydrogen) atoms. The average Bonchev–Trinajstić information content (AvgIpc) is 2.47. The molecule has 0 radical (unpaired) electrons. The van der Waals surface area contributed by atoms with Crippen molar-refractivity contribution in [3.8, 4) is 0 Å². The van der Waals surface area contributed by atoms with Gasteiger partial charge in [0.2, 0.25) is 0 Å². The zero-order chi connectivity index (χ0) is 9.42. The fraction of sp³-hybridized carbons (Fsp3) is 0.300. The third-order valence-corrected chi connectivity index (χ3v) is 2.23. The van der Waals surface area contributed by atoms with Crippen molar-refractivity contribution in [1.82, 2.24) is 9.55 Å². The van der Waals surface area contributed by atoms with Crippen LogP contribution in [0, 0.1) is 0 Å². The van der Waals surface area contributed by atoms with E-state index in [9.17, 15) is 5.11 Å². The van der Waals surface area contributed by atoms with Gasteiger partial charge in [0.15, 0.2) is 0 Å². The van der Waals surface area contributed by atoms with Crippen LogP contribution < -0.4 is 0 Å². The smallest absolute Gasteiger partial charge is 0.0955 e. The summed E-state index contributed by atoms with van der Waals surface area (Å²) in [5, 5.41) is 9.36. The molecule has 1 atom stereocenters. The predicted molar refractivity (Wildman–Crippen MR) is 51.3 cm³/mol. The second-order valence-electron chi connectivity index (χ2n) is 3.28. The van der Waals surface area contributed by atoms with E-state index in [1.54, 1.807) is 13.3 Å². The van der Waals surface area contributed by atoms with E-state index in [-0.39, 0.29) is 0 Å². The number of aryl methyl sites for hydroxylation is 1. The first kappa shape index (κ1) is 8.26. The number of imidazole rings is 1. The molecule has 0 saturated heterocycles. The Bertz CT molecular complexity index is 431. The summed E-state index contributed by atoms with van der Waals surface area (Å²) in [7, 11) is 1.96. The van der Waals surface area contributed by atoms with Gasteiger partial charge in [-0.25, -0.2) is 4.98 Å². The van der Waals surface area contributed by atoms with Crippen LogP contribution in [0.15, 0.2) is 24.5 Å². The lowest BCUT2D eigenvalue weighted by Crippen LogP contribution is -1.90. The van der Waals surface area contributed by atoms with Gasteiger partial charge in [-0.2, -0.15) is 0 Å². The van der Waals surface area contributed by atoms with Crippen LogP contribution in [-0.2, 0) is 7.05 Å². The van der Waals surface area contributed by atoms with Gasteiger partial charge in [-0.1, -0.05) is 6.07 Å². The third kappa shape index (κ3) is 1.31. The van der Waals surface area contributed by atoms with Crippen molar-refractivity contribution in [2.75, 3.05) is 0 Å². The number of fused-ring (bicyclic) bond motifs is 1.